The van der Waals surface area contributed by atoms with Crippen molar-refractivity contribution in [3.05, 3.63) is 146 Å². The summed E-state index contributed by atoms with van der Waals surface area (Å²) in [7, 11) is -2.22. The fraction of sp³-hybridized carbons (Fsp3) is 0.0476. The summed E-state index contributed by atoms with van der Waals surface area (Å²) < 4.78 is 4.73. The molecular weight excluding hydrogens is 589 g/mol. The lowest BCUT2D eigenvalue weighted by Crippen LogP contribution is -2.52. The summed E-state index contributed by atoms with van der Waals surface area (Å²) in [4.78, 5) is 9.79. The van der Waals surface area contributed by atoms with Crippen molar-refractivity contribution < 1.29 is 0 Å². The first kappa shape index (κ1) is 26.4. The molecule has 4 nitrogen and oxygen atoms in total. The van der Waals surface area contributed by atoms with E-state index in [-0.39, 0.29) is 0 Å². The Kier molecular flexibility index (Phi) is 5.41. The summed E-state index contributed by atoms with van der Waals surface area (Å²) in [5.74, 6) is 1.92. The van der Waals surface area contributed by atoms with Crippen molar-refractivity contribution in [2.24, 2.45) is 0 Å². The molecule has 4 aromatic heterocycles. The molecule has 0 spiro atoms. The topological polar surface area (TPSA) is 35.6 Å². The average molecular weight is 619 g/mol. The Balaban J connectivity index is 1.25. The van der Waals surface area contributed by atoms with Crippen molar-refractivity contribution in [3.63, 3.8) is 0 Å². The van der Waals surface area contributed by atoms with Crippen molar-refractivity contribution in [2.45, 2.75) is 13.1 Å². The summed E-state index contributed by atoms with van der Waals surface area (Å²) in [6, 6.07) is 48.8. The van der Waals surface area contributed by atoms with Gasteiger partial charge in [0, 0.05) is 39.3 Å². The molecule has 0 radical (unpaired) electrons. The average Bonchev–Trinajstić information content (AvgIpc) is 3.64. The maximum absolute atomic E-state index is 5.02. The SMILES string of the molecule is C[Si](C)(c1ccc2c3ccccc3n(-c3ccccn3)c2c1)c1cc2ccc3cccc4c3c2c(c1)n4-c1nccc2ccccc12. The van der Waals surface area contributed by atoms with Crippen molar-refractivity contribution in [2.75, 3.05) is 0 Å². The van der Waals surface area contributed by atoms with Gasteiger partial charge in [-0.25, -0.2) is 9.97 Å². The molecule has 0 saturated carbocycles. The zero-order valence-electron chi connectivity index (χ0n) is 26.1. The van der Waals surface area contributed by atoms with E-state index in [2.05, 4.69) is 150 Å². The van der Waals surface area contributed by atoms with Gasteiger partial charge in [-0.15, -0.1) is 0 Å². The number of pyridine rings is 2. The Morgan fingerprint density at radius 2 is 1.17 bits per heavy atom. The van der Waals surface area contributed by atoms with Crippen LogP contribution < -0.4 is 10.4 Å². The zero-order chi connectivity index (χ0) is 31.3. The molecule has 5 heteroatoms. The monoisotopic (exact) mass is 618 g/mol. The van der Waals surface area contributed by atoms with Crippen LogP contribution >= 0.6 is 0 Å². The Morgan fingerprint density at radius 1 is 0.447 bits per heavy atom. The second kappa shape index (κ2) is 9.61. The predicted molar refractivity (Wildman–Crippen MR) is 200 cm³/mol. The van der Waals surface area contributed by atoms with Gasteiger partial charge in [0.05, 0.1) is 22.1 Å². The molecule has 222 valence electrons. The highest BCUT2D eigenvalue weighted by Gasteiger charge is 2.30. The Labute approximate surface area is 272 Å². The van der Waals surface area contributed by atoms with Crippen LogP contribution in [0.15, 0.2) is 146 Å². The van der Waals surface area contributed by atoms with Crippen LogP contribution in [-0.2, 0) is 0 Å². The normalized spacial score (nSPS) is 12.5. The van der Waals surface area contributed by atoms with Gasteiger partial charge in [-0.3, -0.25) is 9.13 Å². The third-order valence-corrected chi connectivity index (χ3v) is 13.7. The van der Waals surface area contributed by atoms with E-state index in [4.69, 9.17) is 9.97 Å². The van der Waals surface area contributed by atoms with E-state index in [1.54, 1.807) is 0 Å². The number of benzene rings is 6. The molecule has 0 aliphatic heterocycles. The van der Waals surface area contributed by atoms with E-state index in [9.17, 15) is 0 Å². The lowest BCUT2D eigenvalue weighted by molar-refractivity contribution is 1.08. The van der Waals surface area contributed by atoms with Gasteiger partial charge in [0.1, 0.15) is 19.7 Å². The number of nitrogens with zero attached hydrogens (tertiary/aromatic N) is 4. The number of fused-ring (bicyclic) bond motifs is 4. The molecule has 0 fully saturated rings. The summed E-state index contributed by atoms with van der Waals surface area (Å²) in [5, 5.41) is 12.8. The molecular formula is C42H30N4Si. The molecule has 4 heterocycles. The van der Waals surface area contributed by atoms with Crippen LogP contribution in [-0.4, -0.2) is 27.2 Å². The number of rotatable bonds is 4. The largest absolute Gasteiger partial charge is 0.294 e. The van der Waals surface area contributed by atoms with Crippen molar-refractivity contribution in [3.8, 4) is 11.6 Å². The Hall–Kier alpha value is -5.78. The number of aromatic nitrogens is 4. The minimum absolute atomic E-state index is 0.939. The molecule has 0 N–H and O–H groups in total. The number of para-hydroxylation sites is 1. The fourth-order valence-electron chi connectivity index (χ4n) is 7.82. The van der Waals surface area contributed by atoms with Gasteiger partial charge in [0.25, 0.3) is 0 Å². The lowest BCUT2D eigenvalue weighted by Gasteiger charge is -2.25. The molecule has 47 heavy (non-hydrogen) atoms. The second-order valence-corrected chi connectivity index (χ2v) is 17.5. The number of hydrogen-bond donors (Lipinski definition) is 0. The van der Waals surface area contributed by atoms with Gasteiger partial charge in [-0.2, -0.15) is 0 Å². The first-order valence-electron chi connectivity index (χ1n) is 16.2. The quantitative estimate of drug-likeness (QED) is 0.146. The first-order valence-corrected chi connectivity index (χ1v) is 19.2. The maximum atomic E-state index is 5.02. The maximum Gasteiger partial charge on any atom is 0.145 e. The summed E-state index contributed by atoms with van der Waals surface area (Å²) in [6.07, 6.45) is 3.82. The molecule has 0 amide bonds. The van der Waals surface area contributed by atoms with Crippen LogP contribution in [0.1, 0.15) is 0 Å². The molecule has 0 saturated heterocycles. The van der Waals surface area contributed by atoms with E-state index < -0.39 is 8.07 Å². The molecule has 10 rings (SSSR count). The van der Waals surface area contributed by atoms with Gasteiger partial charge in [0.2, 0.25) is 0 Å². The molecule has 0 atom stereocenters. The summed E-state index contributed by atoms with van der Waals surface area (Å²) in [5.41, 5.74) is 4.79. The van der Waals surface area contributed by atoms with E-state index in [0.717, 1.165) is 17.0 Å². The minimum atomic E-state index is -2.22. The summed E-state index contributed by atoms with van der Waals surface area (Å²) >= 11 is 0. The third kappa shape index (κ3) is 3.69. The van der Waals surface area contributed by atoms with Crippen LogP contribution in [0.2, 0.25) is 13.1 Å². The first-order chi connectivity index (χ1) is 23.1. The van der Waals surface area contributed by atoms with Gasteiger partial charge in [-0.1, -0.05) is 114 Å². The van der Waals surface area contributed by atoms with Crippen molar-refractivity contribution >= 4 is 83.6 Å². The van der Waals surface area contributed by atoms with Crippen LogP contribution in [0, 0.1) is 0 Å². The van der Waals surface area contributed by atoms with Crippen LogP contribution in [0.4, 0.5) is 0 Å². The minimum Gasteiger partial charge on any atom is -0.294 e. The van der Waals surface area contributed by atoms with Crippen LogP contribution in [0.3, 0.4) is 0 Å². The van der Waals surface area contributed by atoms with Gasteiger partial charge in [-0.05, 0) is 58.6 Å². The zero-order valence-corrected chi connectivity index (χ0v) is 27.1. The predicted octanol–water partition coefficient (Wildman–Crippen LogP) is 9.24. The van der Waals surface area contributed by atoms with Crippen molar-refractivity contribution in [1.82, 2.24) is 19.1 Å². The van der Waals surface area contributed by atoms with Crippen molar-refractivity contribution in [1.29, 1.82) is 0 Å². The Morgan fingerprint density at radius 3 is 2.06 bits per heavy atom. The highest BCUT2D eigenvalue weighted by atomic mass is 28.3. The molecule has 0 aliphatic rings. The standard InChI is InChI=1S/C42H30N4Si/c1-47(2,30-19-20-34-33-13-5-6-14-35(33)45(37(34)25-30)39-16-7-8-22-43-39)31-24-29-18-17-28-11-9-15-36-40(28)41(29)38(26-31)46(36)42-32-12-4-3-10-27(32)21-23-44-42/h3-26H,1-2H3. The van der Waals surface area contributed by atoms with Gasteiger partial charge >= 0.3 is 0 Å². The van der Waals surface area contributed by atoms with Gasteiger partial charge in [0.15, 0.2) is 0 Å². The molecule has 0 aliphatic carbocycles. The molecule has 0 unspecified atom stereocenters. The number of hydrogen-bond acceptors (Lipinski definition) is 2. The second-order valence-electron chi connectivity index (χ2n) is 13.1. The highest BCUT2D eigenvalue weighted by molar-refractivity contribution is 7.00. The van der Waals surface area contributed by atoms with E-state index in [1.165, 1.54) is 70.1 Å². The van der Waals surface area contributed by atoms with E-state index in [0.29, 0.717) is 0 Å². The Bertz CT molecular complexity index is 2820. The van der Waals surface area contributed by atoms with Gasteiger partial charge < -0.3 is 0 Å². The van der Waals surface area contributed by atoms with E-state index in [1.807, 2.05) is 18.5 Å². The van der Waals surface area contributed by atoms with Crippen LogP contribution in [0.5, 0.6) is 0 Å². The molecule has 6 aromatic carbocycles. The lowest BCUT2D eigenvalue weighted by atomic mass is 10.0. The smallest absolute Gasteiger partial charge is 0.145 e. The van der Waals surface area contributed by atoms with Crippen LogP contribution in [0.25, 0.3) is 76.8 Å². The fourth-order valence-corrected chi connectivity index (χ4v) is 10.2. The van der Waals surface area contributed by atoms with E-state index >= 15 is 0 Å². The third-order valence-electron chi connectivity index (χ3n) is 10.3. The highest BCUT2D eigenvalue weighted by Crippen LogP contribution is 2.39. The summed E-state index contributed by atoms with van der Waals surface area (Å²) in [6.45, 7) is 4.97. The molecule has 10 aromatic rings. The molecule has 0 bridgehead atoms.